The lowest BCUT2D eigenvalue weighted by molar-refractivity contribution is 0.254. The third-order valence-corrected chi connectivity index (χ3v) is 4.91. The van der Waals surface area contributed by atoms with Crippen LogP contribution >= 0.6 is 0 Å². The fraction of sp³-hybridized carbons (Fsp3) is 0.786. The van der Waals surface area contributed by atoms with Crippen LogP contribution in [0.15, 0.2) is 0 Å². The number of anilines is 2. The van der Waals surface area contributed by atoms with Gasteiger partial charge in [0.25, 0.3) is 0 Å². The van der Waals surface area contributed by atoms with Crippen LogP contribution in [0.4, 0.5) is 11.5 Å². The monoisotopic (exact) mass is 263 g/mol. The number of hydrogen-bond donors (Lipinski definition) is 1. The molecule has 3 heterocycles. The maximum absolute atomic E-state index is 6.29. The molecular formula is C14H25N5. The molecule has 0 radical (unpaired) electrons. The fourth-order valence-electron chi connectivity index (χ4n) is 3.72. The summed E-state index contributed by atoms with van der Waals surface area (Å²) in [7, 11) is 4.29. The molecule has 5 heteroatoms. The second-order valence-electron chi connectivity index (χ2n) is 5.95. The van der Waals surface area contributed by atoms with Crippen LogP contribution in [0.2, 0.25) is 0 Å². The van der Waals surface area contributed by atoms with Crippen molar-refractivity contribution in [3.05, 3.63) is 5.69 Å². The van der Waals surface area contributed by atoms with Gasteiger partial charge in [-0.1, -0.05) is 6.92 Å². The summed E-state index contributed by atoms with van der Waals surface area (Å²) in [6.45, 7) is 4.29. The van der Waals surface area contributed by atoms with Crippen molar-refractivity contribution < 1.29 is 0 Å². The minimum atomic E-state index is 0.673. The predicted octanol–water partition coefficient (Wildman–Crippen LogP) is 1.24. The number of nitrogen functional groups attached to an aromatic ring is 1. The van der Waals surface area contributed by atoms with Gasteiger partial charge in [-0.15, -0.1) is 0 Å². The summed E-state index contributed by atoms with van der Waals surface area (Å²) >= 11 is 0. The molecule has 2 aliphatic heterocycles. The molecule has 0 saturated carbocycles. The molecule has 2 fully saturated rings. The van der Waals surface area contributed by atoms with E-state index in [2.05, 4.69) is 28.9 Å². The van der Waals surface area contributed by atoms with Gasteiger partial charge in [-0.25, -0.2) is 0 Å². The van der Waals surface area contributed by atoms with Crippen molar-refractivity contribution in [2.24, 2.45) is 7.05 Å². The average Bonchev–Trinajstić information content (AvgIpc) is 2.79. The minimum Gasteiger partial charge on any atom is -0.394 e. The molecule has 5 nitrogen and oxygen atoms in total. The van der Waals surface area contributed by atoms with Gasteiger partial charge in [0, 0.05) is 32.2 Å². The Morgan fingerprint density at radius 1 is 1.21 bits per heavy atom. The molecule has 0 amide bonds. The van der Waals surface area contributed by atoms with Crippen molar-refractivity contribution >= 4 is 11.5 Å². The summed E-state index contributed by atoms with van der Waals surface area (Å²) in [5, 5.41) is 4.55. The van der Waals surface area contributed by atoms with Gasteiger partial charge in [0.05, 0.1) is 11.4 Å². The lowest BCUT2D eigenvalue weighted by Crippen LogP contribution is -2.37. The van der Waals surface area contributed by atoms with E-state index >= 15 is 0 Å². The molecule has 1 aromatic rings. The highest BCUT2D eigenvalue weighted by Crippen LogP contribution is 2.33. The Balaban J connectivity index is 1.89. The third-order valence-electron chi connectivity index (χ3n) is 4.91. The molecule has 19 heavy (non-hydrogen) atoms. The Morgan fingerprint density at radius 3 is 2.63 bits per heavy atom. The van der Waals surface area contributed by atoms with Crippen molar-refractivity contribution in [2.45, 2.75) is 44.7 Å². The molecule has 0 aromatic carbocycles. The Bertz CT molecular complexity index is 467. The van der Waals surface area contributed by atoms with Crippen LogP contribution in [0.5, 0.6) is 0 Å². The van der Waals surface area contributed by atoms with Gasteiger partial charge in [0.2, 0.25) is 0 Å². The van der Waals surface area contributed by atoms with E-state index < -0.39 is 0 Å². The van der Waals surface area contributed by atoms with Gasteiger partial charge < -0.3 is 10.6 Å². The van der Waals surface area contributed by atoms with Gasteiger partial charge >= 0.3 is 0 Å². The summed E-state index contributed by atoms with van der Waals surface area (Å²) in [6.07, 6.45) is 4.81. The molecule has 2 saturated heterocycles. The molecular weight excluding hydrogens is 238 g/mol. The highest BCUT2D eigenvalue weighted by molar-refractivity contribution is 5.66. The highest BCUT2D eigenvalue weighted by atomic mass is 15.4. The van der Waals surface area contributed by atoms with Crippen molar-refractivity contribution in [1.29, 1.82) is 0 Å². The zero-order valence-electron chi connectivity index (χ0n) is 12.3. The summed E-state index contributed by atoms with van der Waals surface area (Å²) in [6, 6.07) is 1.43. The van der Waals surface area contributed by atoms with E-state index in [0.717, 1.165) is 42.8 Å². The van der Waals surface area contributed by atoms with Crippen molar-refractivity contribution in [2.75, 3.05) is 30.8 Å². The zero-order chi connectivity index (χ0) is 13.6. The molecule has 106 valence electrons. The maximum Gasteiger partial charge on any atom is 0.150 e. The molecule has 1 aromatic heterocycles. The number of nitrogens with two attached hydrogens (primary N) is 1. The van der Waals surface area contributed by atoms with E-state index in [9.17, 15) is 0 Å². The molecule has 2 aliphatic rings. The molecule has 3 rings (SSSR count). The maximum atomic E-state index is 6.29. The van der Waals surface area contributed by atoms with E-state index in [1.54, 1.807) is 0 Å². The molecule has 2 N–H and O–H groups in total. The van der Waals surface area contributed by atoms with E-state index in [1.807, 2.05) is 11.7 Å². The topological polar surface area (TPSA) is 50.3 Å². The van der Waals surface area contributed by atoms with Crippen molar-refractivity contribution in [3.63, 3.8) is 0 Å². The molecule has 2 bridgehead atoms. The first-order valence-electron chi connectivity index (χ1n) is 7.40. The molecule has 0 aliphatic carbocycles. The summed E-state index contributed by atoms with van der Waals surface area (Å²) < 4.78 is 1.97. The normalized spacial score (nSPS) is 27.8. The van der Waals surface area contributed by atoms with Gasteiger partial charge in [-0.05, 0) is 32.7 Å². The van der Waals surface area contributed by atoms with E-state index in [-0.39, 0.29) is 0 Å². The average molecular weight is 263 g/mol. The van der Waals surface area contributed by atoms with Crippen LogP contribution in [0.1, 0.15) is 31.9 Å². The summed E-state index contributed by atoms with van der Waals surface area (Å²) in [4.78, 5) is 5.01. The van der Waals surface area contributed by atoms with Crippen LogP contribution in [0, 0.1) is 0 Å². The van der Waals surface area contributed by atoms with Gasteiger partial charge in [0.1, 0.15) is 5.82 Å². The summed E-state index contributed by atoms with van der Waals surface area (Å²) in [5.41, 5.74) is 8.20. The fourth-order valence-corrected chi connectivity index (χ4v) is 3.72. The minimum absolute atomic E-state index is 0.673. The zero-order valence-corrected chi connectivity index (χ0v) is 12.3. The molecule has 2 unspecified atom stereocenters. The lowest BCUT2D eigenvalue weighted by atomic mass is 10.1. The number of aromatic nitrogens is 2. The van der Waals surface area contributed by atoms with Crippen molar-refractivity contribution in [3.8, 4) is 0 Å². The van der Waals surface area contributed by atoms with Crippen molar-refractivity contribution in [1.82, 2.24) is 14.7 Å². The number of fused-ring (bicyclic) bond motifs is 2. The first kappa shape index (κ1) is 12.8. The van der Waals surface area contributed by atoms with E-state index in [4.69, 9.17) is 5.73 Å². The Kier molecular flexibility index (Phi) is 3.17. The number of hydrogen-bond acceptors (Lipinski definition) is 4. The largest absolute Gasteiger partial charge is 0.394 e. The lowest BCUT2D eigenvalue weighted by Gasteiger charge is -2.27. The Morgan fingerprint density at radius 2 is 1.95 bits per heavy atom. The quantitative estimate of drug-likeness (QED) is 0.872. The van der Waals surface area contributed by atoms with E-state index in [1.165, 1.54) is 19.3 Å². The first-order chi connectivity index (χ1) is 9.11. The standard InChI is InChI=1S/C14H25N5/c1-4-12-13(15)14(18(3)16-12)19-8-7-10-5-6-11(9-19)17(10)2/h10-11H,4-9,15H2,1-3H3. The Labute approximate surface area is 115 Å². The second-order valence-corrected chi connectivity index (χ2v) is 5.95. The van der Waals surface area contributed by atoms with Crippen LogP contribution < -0.4 is 10.6 Å². The van der Waals surface area contributed by atoms with Gasteiger partial charge in [-0.2, -0.15) is 5.10 Å². The number of rotatable bonds is 2. The number of aryl methyl sites for hydroxylation is 2. The third kappa shape index (κ3) is 2.00. The van der Waals surface area contributed by atoms with Gasteiger partial charge in [0.15, 0.2) is 0 Å². The second kappa shape index (κ2) is 4.71. The smallest absolute Gasteiger partial charge is 0.150 e. The summed E-state index contributed by atoms with van der Waals surface area (Å²) in [5.74, 6) is 1.12. The van der Waals surface area contributed by atoms with Crippen LogP contribution in [0.3, 0.4) is 0 Å². The van der Waals surface area contributed by atoms with Crippen LogP contribution in [0.25, 0.3) is 0 Å². The first-order valence-corrected chi connectivity index (χ1v) is 7.40. The predicted molar refractivity (Wildman–Crippen MR) is 78.4 cm³/mol. The van der Waals surface area contributed by atoms with Gasteiger partial charge in [-0.3, -0.25) is 9.58 Å². The Hall–Kier alpha value is -1.23. The van der Waals surface area contributed by atoms with Crippen LogP contribution in [-0.4, -0.2) is 46.9 Å². The molecule has 2 atom stereocenters. The van der Waals surface area contributed by atoms with E-state index in [0.29, 0.717) is 6.04 Å². The SMILES string of the molecule is CCc1nn(C)c(N2CCC3CCC(C2)N3C)c1N. The van der Waals surface area contributed by atoms with Crippen LogP contribution in [-0.2, 0) is 13.5 Å². The molecule has 0 spiro atoms. The number of likely N-dealkylation sites (N-methyl/N-ethyl adjacent to an activating group) is 1. The number of nitrogens with zero attached hydrogens (tertiary/aromatic N) is 4. The highest BCUT2D eigenvalue weighted by Gasteiger charge is 2.35.